The van der Waals surface area contributed by atoms with Crippen molar-refractivity contribution in [1.82, 2.24) is 0 Å². The van der Waals surface area contributed by atoms with Gasteiger partial charge in [0, 0.05) is 19.3 Å². The molecule has 2 aliphatic heterocycles. The van der Waals surface area contributed by atoms with E-state index in [4.69, 9.17) is 9.47 Å². The molecule has 3 nitrogen and oxygen atoms in total. The van der Waals surface area contributed by atoms with Crippen molar-refractivity contribution in [3.05, 3.63) is 35.4 Å². The van der Waals surface area contributed by atoms with E-state index in [1.54, 1.807) is 4.90 Å². The highest BCUT2D eigenvalue weighted by molar-refractivity contribution is 5.27. The first kappa shape index (κ1) is 16.9. The number of hydrogen-bond donors (Lipinski definition) is 1. The molecule has 0 radical (unpaired) electrons. The average molecular weight is 318 g/mol. The van der Waals surface area contributed by atoms with Crippen molar-refractivity contribution >= 4 is 0 Å². The largest absolute Gasteiger partial charge is 0.350 e. The van der Waals surface area contributed by atoms with Crippen molar-refractivity contribution in [2.45, 2.75) is 64.3 Å². The zero-order chi connectivity index (χ0) is 16.3. The van der Waals surface area contributed by atoms with Gasteiger partial charge in [0.25, 0.3) is 0 Å². The van der Waals surface area contributed by atoms with Crippen LogP contribution in [0.5, 0.6) is 0 Å². The molecular weight excluding hydrogens is 286 g/mol. The molecular formula is C20H32NO2+. The maximum absolute atomic E-state index is 6.08. The monoisotopic (exact) mass is 318 g/mol. The van der Waals surface area contributed by atoms with Crippen LogP contribution < -0.4 is 4.90 Å². The van der Waals surface area contributed by atoms with Gasteiger partial charge in [-0.2, -0.15) is 0 Å². The number of ether oxygens (including phenoxy) is 2. The molecule has 23 heavy (non-hydrogen) atoms. The van der Waals surface area contributed by atoms with Crippen LogP contribution in [0.15, 0.2) is 24.3 Å². The van der Waals surface area contributed by atoms with Gasteiger partial charge in [-0.3, -0.25) is 0 Å². The predicted molar refractivity (Wildman–Crippen MR) is 92.9 cm³/mol. The molecule has 0 unspecified atom stereocenters. The van der Waals surface area contributed by atoms with Crippen molar-refractivity contribution in [2.75, 3.05) is 26.2 Å². The Morgan fingerprint density at radius 1 is 1.09 bits per heavy atom. The number of rotatable bonds is 5. The highest BCUT2D eigenvalue weighted by atomic mass is 16.7. The molecule has 3 rings (SSSR count). The van der Waals surface area contributed by atoms with E-state index in [1.165, 1.54) is 37.1 Å². The summed E-state index contributed by atoms with van der Waals surface area (Å²) in [6, 6.07) is 9.01. The standard InChI is InChI=1S/C20H31NO2/c1-20(2,3)17-9-6-16(7-10-17)8-11-19-22-15-18(23-19)14-21-12-4-5-13-21/h6-7,9-10,18-19H,4-5,8,11-15H2,1-3H3/p+1/t18-,19+/m0/s1. The van der Waals surface area contributed by atoms with Crippen LogP contribution in [0.4, 0.5) is 0 Å². The Kier molecular flexibility index (Phi) is 5.40. The fourth-order valence-corrected chi connectivity index (χ4v) is 3.62. The van der Waals surface area contributed by atoms with Gasteiger partial charge in [0.1, 0.15) is 12.6 Å². The minimum Gasteiger partial charge on any atom is -0.350 e. The Balaban J connectivity index is 1.42. The molecule has 0 aliphatic carbocycles. The lowest BCUT2D eigenvalue weighted by atomic mass is 9.86. The number of quaternary nitrogens is 1. The van der Waals surface area contributed by atoms with E-state index in [0.29, 0.717) is 6.10 Å². The van der Waals surface area contributed by atoms with Gasteiger partial charge in [-0.1, -0.05) is 45.0 Å². The normalized spacial score (nSPS) is 26.0. The first-order chi connectivity index (χ1) is 11.0. The van der Waals surface area contributed by atoms with Gasteiger partial charge in [-0.15, -0.1) is 0 Å². The van der Waals surface area contributed by atoms with Crippen LogP contribution in [0, 0.1) is 0 Å². The molecule has 0 aromatic heterocycles. The molecule has 0 spiro atoms. The minimum atomic E-state index is -0.00991. The van der Waals surface area contributed by atoms with E-state index in [-0.39, 0.29) is 11.7 Å². The van der Waals surface area contributed by atoms with Crippen molar-refractivity contribution in [2.24, 2.45) is 0 Å². The molecule has 128 valence electrons. The van der Waals surface area contributed by atoms with E-state index in [9.17, 15) is 0 Å². The topological polar surface area (TPSA) is 22.9 Å². The predicted octanol–water partition coefficient (Wildman–Crippen LogP) is 2.34. The molecule has 2 heterocycles. The van der Waals surface area contributed by atoms with E-state index >= 15 is 0 Å². The lowest BCUT2D eigenvalue weighted by Gasteiger charge is -2.19. The number of hydrogen-bond acceptors (Lipinski definition) is 2. The van der Waals surface area contributed by atoms with Crippen LogP contribution in [0.3, 0.4) is 0 Å². The van der Waals surface area contributed by atoms with E-state index < -0.39 is 0 Å². The van der Waals surface area contributed by atoms with E-state index in [1.807, 2.05) is 0 Å². The van der Waals surface area contributed by atoms with Gasteiger partial charge in [0.2, 0.25) is 0 Å². The molecule has 2 saturated heterocycles. The second-order valence-corrected chi connectivity index (χ2v) is 8.17. The van der Waals surface area contributed by atoms with Crippen molar-refractivity contribution in [1.29, 1.82) is 0 Å². The summed E-state index contributed by atoms with van der Waals surface area (Å²) in [7, 11) is 0. The highest BCUT2D eigenvalue weighted by Crippen LogP contribution is 2.23. The number of aryl methyl sites for hydroxylation is 1. The summed E-state index contributed by atoms with van der Waals surface area (Å²) in [6.07, 6.45) is 5.02. The molecule has 2 atom stereocenters. The van der Waals surface area contributed by atoms with Crippen LogP contribution in [0.1, 0.15) is 51.2 Å². The fraction of sp³-hybridized carbons (Fsp3) is 0.700. The molecule has 3 heteroatoms. The van der Waals surface area contributed by atoms with Gasteiger partial charge in [0.15, 0.2) is 6.29 Å². The zero-order valence-electron chi connectivity index (χ0n) is 14.9. The van der Waals surface area contributed by atoms with Crippen molar-refractivity contribution in [3.8, 4) is 0 Å². The molecule has 0 bridgehead atoms. The Bertz CT molecular complexity index is 485. The van der Waals surface area contributed by atoms with Gasteiger partial charge in [0.05, 0.1) is 19.7 Å². The third kappa shape index (κ3) is 4.79. The first-order valence-electron chi connectivity index (χ1n) is 9.21. The Hall–Kier alpha value is -0.900. The van der Waals surface area contributed by atoms with Gasteiger partial charge >= 0.3 is 0 Å². The van der Waals surface area contributed by atoms with Crippen LogP contribution in [0.25, 0.3) is 0 Å². The first-order valence-corrected chi connectivity index (χ1v) is 9.21. The molecule has 0 saturated carbocycles. The quantitative estimate of drug-likeness (QED) is 0.900. The summed E-state index contributed by atoms with van der Waals surface area (Å²) >= 11 is 0. The Morgan fingerprint density at radius 2 is 1.78 bits per heavy atom. The lowest BCUT2D eigenvalue weighted by molar-refractivity contribution is -0.890. The van der Waals surface area contributed by atoms with E-state index in [2.05, 4.69) is 45.0 Å². The second-order valence-electron chi connectivity index (χ2n) is 8.17. The summed E-state index contributed by atoms with van der Waals surface area (Å²) in [6.45, 7) is 11.3. The minimum absolute atomic E-state index is 0.00991. The van der Waals surface area contributed by atoms with E-state index in [0.717, 1.165) is 26.0 Å². The molecule has 2 fully saturated rings. The Morgan fingerprint density at radius 3 is 2.43 bits per heavy atom. The zero-order valence-corrected chi connectivity index (χ0v) is 14.9. The van der Waals surface area contributed by atoms with Gasteiger partial charge < -0.3 is 14.4 Å². The molecule has 2 aliphatic rings. The van der Waals surface area contributed by atoms with Crippen molar-refractivity contribution < 1.29 is 14.4 Å². The average Bonchev–Trinajstić information content (AvgIpc) is 3.17. The van der Waals surface area contributed by atoms with Gasteiger partial charge in [-0.25, -0.2) is 0 Å². The van der Waals surface area contributed by atoms with Crippen LogP contribution in [-0.4, -0.2) is 38.6 Å². The summed E-state index contributed by atoms with van der Waals surface area (Å²) in [5, 5.41) is 0. The SMILES string of the molecule is CC(C)(C)c1ccc(CC[C@@H]2OC[C@H](C[NH+]3CCCC3)O2)cc1. The third-order valence-electron chi connectivity index (χ3n) is 5.13. The molecule has 1 aromatic carbocycles. The van der Waals surface area contributed by atoms with Crippen molar-refractivity contribution in [3.63, 3.8) is 0 Å². The molecule has 1 aromatic rings. The van der Waals surface area contributed by atoms with Gasteiger partial charge in [-0.05, 0) is 23.0 Å². The highest BCUT2D eigenvalue weighted by Gasteiger charge is 2.30. The summed E-state index contributed by atoms with van der Waals surface area (Å²) < 4.78 is 11.9. The Labute approximate surface area is 141 Å². The maximum atomic E-state index is 6.08. The molecule has 0 amide bonds. The summed E-state index contributed by atoms with van der Waals surface area (Å²) in [4.78, 5) is 1.69. The molecule has 1 N–H and O–H groups in total. The second kappa shape index (κ2) is 7.33. The summed E-state index contributed by atoms with van der Waals surface area (Å²) in [5.41, 5.74) is 2.99. The number of benzene rings is 1. The smallest absolute Gasteiger partial charge is 0.158 e. The maximum Gasteiger partial charge on any atom is 0.158 e. The van der Waals surface area contributed by atoms with Crippen LogP contribution >= 0.6 is 0 Å². The third-order valence-corrected chi connectivity index (χ3v) is 5.13. The number of likely N-dealkylation sites (tertiary alicyclic amines) is 1. The lowest BCUT2D eigenvalue weighted by Crippen LogP contribution is -3.11. The summed E-state index contributed by atoms with van der Waals surface area (Å²) in [5.74, 6) is 0. The fourth-order valence-electron chi connectivity index (χ4n) is 3.62. The number of nitrogens with one attached hydrogen (secondary N) is 1. The van der Waals surface area contributed by atoms with Crippen LogP contribution in [-0.2, 0) is 21.3 Å². The van der Waals surface area contributed by atoms with Crippen LogP contribution in [0.2, 0.25) is 0 Å².